The third kappa shape index (κ3) is 5.61. The van der Waals surface area contributed by atoms with Gasteiger partial charge in [0.15, 0.2) is 0 Å². The monoisotopic (exact) mass is 331 g/mol. The zero-order valence-corrected chi connectivity index (χ0v) is 12.2. The Morgan fingerprint density at radius 1 is 1.26 bits per heavy atom. The molecule has 6 nitrogen and oxygen atoms in total. The molecule has 0 aliphatic carbocycles. The Balaban J connectivity index is 2.64. The molecule has 0 saturated heterocycles. The predicted octanol–water partition coefficient (Wildman–Crippen LogP) is 0.815. The van der Waals surface area contributed by atoms with Crippen LogP contribution >= 0.6 is 0 Å². The Kier molecular flexibility index (Phi) is 6.11. The Morgan fingerprint density at radius 3 is 2.43 bits per heavy atom. The van der Waals surface area contributed by atoms with Gasteiger partial charge in [0.2, 0.25) is 11.8 Å². The molecule has 4 N–H and O–H groups in total. The van der Waals surface area contributed by atoms with Gasteiger partial charge in [0.1, 0.15) is 6.04 Å². The highest BCUT2D eigenvalue weighted by molar-refractivity contribution is 5.97. The highest BCUT2D eigenvalue weighted by Crippen LogP contribution is 2.29. The van der Waals surface area contributed by atoms with Crippen molar-refractivity contribution >= 4 is 17.7 Å². The van der Waals surface area contributed by atoms with E-state index in [9.17, 15) is 27.6 Å². The van der Waals surface area contributed by atoms with Crippen molar-refractivity contribution in [3.63, 3.8) is 0 Å². The summed E-state index contributed by atoms with van der Waals surface area (Å²) in [5, 5.41) is 4.48. The first kappa shape index (κ1) is 18.5. The number of primary amides is 1. The molecule has 1 unspecified atom stereocenters. The molecule has 0 saturated carbocycles. The molecule has 23 heavy (non-hydrogen) atoms. The van der Waals surface area contributed by atoms with Crippen LogP contribution in [0.15, 0.2) is 24.3 Å². The number of alkyl halides is 3. The number of carbonyl (C=O) groups is 3. The van der Waals surface area contributed by atoms with Gasteiger partial charge in [-0.15, -0.1) is 0 Å². The van der Waals surface area contributed by atoms with Crippen molar-refractivity contribution in [1.82, 2.24) is 10.6 Å². The van der Waals surface area contributed by atoms with E-state index in [0.717, 1.165) is 12.1 Å². The van der Waals surface area contributed by atoms with Gasteiger partial charge in [-0.2, -0.15) is 13.2 Å². The summed E-state index contributed by atoms with van der Waals surface area (Å²) in [6, 6.07) is 2.94. The van der Waals surface area contributed by atoms with E-state index < -0.39 is 42.0 Å². The Bertz CT molecular complexity index is 602. The van der Waals surface area contributed by atoms with E-state index in [1.807, 2.05) is 0 Å². The van der Waals surface area contributed by atoms with Gasteiger partial charge in [0.25, 0.3) is 5.91 Å². The number of halogens is 3. The minimum Gasteiger partial charge on any atom is -0.368 e. The molecule has 1 atom stereocenters. The minimum atomic E-state index is -4.57. The molecule has 0 aliphatic rings. The molecule has 0 fully saturated rings. The normalized spacial score (nSPS) is 12.3. The van der Waals surface area contributed by atoms with E-state index in [4.69, 9.17) is 5.73 Å². The summed E-state index contributed by atoms with van der Waals surface area (Å²) in [6.07, 6.45) is -4.29. The van der Waals surface area contributed by atoms with Crippen molar-refractivity contribution in [2.75, 3.05) is 6.54 Å². The molecule has 3 amide bonds. The summed E-state index contributed by atoms with van der Waals surface area (Å²) in [5.74, 6) is -2.22. The first-order valence-electron chi connectivity index (χ1n) is 6.69. The molecule has 9 heteroatoms. The van der Waals surface area contributed by atoms with Gasteiger partial charge in [-0.3, -0.25) is 14.4 Å². The lowest BCUT2D eigenvalue weighted by Gasteiger charge is -2.13. The summed E-state index contributed by atoms with van der Waals surface area (Å²) < 4.78 is 37.7. The second-order valence-electron chi connectivity index (χ2n) is 4.69. The number of amides is 3. The Labute approximate surface area is 130 Å². The minimum absolute atomic E-state index is 0.227. The molecule has 1 rings (SSSR count). The molecule has 1 aromatic carbocycles. The zero-order valence-electron chi connectivity index (χ0n) is 12.2. The van der Waals surface area contributed by atoms with Crippen LogP contribution in [0.4, 0.5) is 13.2 Å². The number of hydrogen-bond donors (Lipinski definition) is 3. The summed E-state index contributed by atoms with van der Waals surface area (Å²) in [6.45, 7) is 1.15. The van der Waals surface area contributed by atoms with Crippen molar-refractivity contribution in [1.29, 1.82) is 0 Å². The van der Waals surface area contributed by atoms with Crippen LogP contribution in [0.25, 0.3) is 0 Å². The lowest BCUT2D eigenvalue weighted by atomic mass is 10.1. The molecule has 0 aromatic heterocycles. The summed E-state index contributed by atoms with van der Waals surface area (Å²) in [7, 11) is 0. The SMILES string of the molecule is CCC(NC(=O)CNC(=O)c1cccc(C(F)(F)F)c1)C(N)=O. The topological polar surface area (TPSA) is 101 Å². The summed E-state index contributed by atoms with van der Waals surface area (Å²) in [4.78, 5) is 34.3. The first-order valence-corrected chi connectivity index (χ1v) is 6.69. The van der Waals surface area contributed by atoms with Gasteiger partial charge in [-0.05, 0) is 24.6 Å². The Hall–Kier alpha value is -2.58. The number of nitrogens with one attached hydrogen (secondary N) is 2. The number of hydrogen-bond acceptors (Lipinski definition) is 3. The third-order valence-corrected chi connectivity index (χ3v) is 2.95. The molecule has 0 radical (unpaired) electrons. The fourth-order valence-corrected chi connectivity index (χ4v) is 1.72. The smallest absolute Gasteiger partial charge is 0.368 e. The van der Waals surface area contributed by atoms with Crippen LogP contribution < -0.4 is 16.4 Å². The Morgan fingerprint density at radius 2 is 1.91 bits per heavy atom. The lowest BCUT2D eigenvalue weighted by molar-refractivity contribution is -0.137. The predicted molar refractivity (Wildman–Crippen MR) is 75.2 cm³/mol. The lowest BCUT2D eigenvalue weighted by Crippen LogP contribution is -2.47. The van der Waals surface area contributed by atoms with E-state index in [1.54, 1.807) is 6.92 Å². The first-order chi connectivity index (χ1) is 10.6. The van der Waals surface area contributed by atoms with E-state index in [1.165, 1.54) is 6.07 Å². The quantitative estimate of drug-likeness (QED) is 0.719. The van der Waals surface area contributed by atoms with Crippen LogP contribution in [0.5, 0.6) is 0 Å². The van der Waals surface area contributed by atoms with Crippen LogP contribution in [0, 0.1) is 0 Å². The van der Waals surface area contributed by atoms with E-state index >= 15 is 0 Å². The molecule has 1 aromatic rings. The number of benzene rings is 1. The third-order valence-electron chi connectivity index (χ3n) is 2.95. The molecule has 0 bridgehead atoms. The average Bonchev–Trinajstić information content (AvgIpc) is 2.49. The maximum absolute atomic E-state index is 12.6. The fraction of sp³-hybridized carbons (Fsp3) is 0.357. The van der Waals surface area contributed by atoms with E-state index in [0.29, 0.717) is 6.07 Å². The fourth-order valence-electron chi connectivity index (χ4n) is 1.72. The zero-order chi connectivity index (χ0) is 17.6. The summed E-state index contributed by atoms with van der Waals surface area (Å²) >= 11 is 0. The second kappa shape index (κ2) is 7.61. The maximum Gasteiger partial charge on any atom is 0.416 e. The summed E-state index contributed by atoms with van der Waals surface area (Å²) in [5.41, 5.74) is 3.86. The van der Waals surface area contributed by atoms with Gasteiger partial charge in [-0.25, -0.2) is 0 Å². The van der Waals surface area contributed by atoms with Gasteiger partial charge < -0.3 is 16.4 Å². The highest BCUT2D eigenvalue weighted by atomic mass is 19.4. The van der Waals surface area contributed by atoms with E-state index in [2.05, 4.69) is 10.6 Å². The van der Waals surface area contributed by atoms with Crippen molar-refractivity contribution in [3.8, 4) is 0 Å². The van der Waals surface area contributed by atoms with Gasteiger partial charge in [-0.1, -0.05) is 13.0 Å². The maximum atomic E-state index is 12.6. The van der Waals surface area contributed by atoms with Crippen LogP contribution in [0.3, 0.4) is 0 Å². The largest absolute Gasteiger partial charge is 0.416 e. The van der Waals surface area contributed by atoms with Crippen LogP contribution in [0.2, 0.25) is 0 Å². The van der Waals surface area contributed by atoms with Gasteiger partial charge in [0, 0.05) is 5.56 Å². The van der Waals surface area contributed by atoms with Crippen LogP contribution in [0.1, 0.15) is 29.3 Å². The van der Waals surface area contributed by atoms with Crippen LogP contribution in [-0.2, 0) is 15.8 Å². The molecule has 126 valence electrons. The number of rotatable bonds is 6. The molecule has 0 aliphatic heterocycles. The molecular formula is C14H16F3N3O3. The number of carbonyl (C=O) groups excluding carboxylic acids is 3. The van der Waals surface area contributed by atoms with Crippen molar-refractivity contribution in [2.45, 2.75) is 25.6 Å². The molecule has 0 heterocycles. The highest BCUT2D eigenvalue weighted by Gasteiger charge is 2.30. The van der Waals surface area contributed by atoms with Crippen molar-refractivity contribution < 1.29 is 27.6 Å². The van der Waals surface area contributed by atoms with Gasteiger partial charge in [0.05, 0.1) is 12.1 Å². The molecular weight excluding hydrogens is 315 g/mol. The molecule has 0 spiro atoms. The second-order valence-corrected chi connectivity index (χ2v) is 4.69. The standard InChI is InChI=1S/C14H16F3N3O3/c1-2-10(12(18)22)20-11(21)7-19-13(23)8-4-3-5-9(6-8)14(15,16)17/h3-6,10H,2,7H2,1H3,(H2,18,22)(H,19,23)(H,20,21). The number of nitrogens with two attached hydrogens (primary N) is 1. The van der Waals surface area contributed by atoms with E-state index in [-0.39, 0.29) is 12.0 Å². The van der Waals surface area contributed by atoms with Crippen molar-refractivity contribution in [2.24, 2.45) is 5.73 Å². The average molecular weight is 331 g/mol. The van der Waals surface area contributed by atoms with Crippen molar-refractivity contribution in [3.05, 3.63) is 35.4 Å². The van der Waals surface area contributed by atoms with Gasteiger partial charge >= 0.3 is 6.18 Å². The van der Waals surface area contributed by atoms with Crippen LogP contribution in [-0.4, -0.2) is 30.3 Å².